The summed E-state index contributed by atoms with van der Waals surface area (Å²) in [6, 6.07) is 10.1. The van der Waals surface area contributed by atoms with Gasteiger partial charge in [0.05, 0.1) is 0 Å². The van der Waals surface area contributed by atoms with E-state index in [1.54, 1.807) is 0 Å². The lowest BCUT2D eigenvalue weighted by molar-refractivity contribution is 0.230. The molecule has 0 aliphatic carbocycles. The van der Waals surface area contributed by atoms with Gasteiger partial charge in [-0.2, -0.15) is 0 Å². The SMILES string of the molecule is CC(CCO)CNC(=O)NC(C)C(C)c1ccccc1. The van der Waals surface area contributed by atoms with Crippen LogP contribution in [0.25, 0.3) is 0 Å². The Morgan fingerprint density at radius 2 is 1.85 bits per heavy atom. The van der Waals surface area contributed by atoms with Gasteiger partial charge in [0.2, 0.25) is 0 Å². The number of amides is 2. The van der Waals surface area contributed by atoms with Gasteiger partial charge >= 0.3 is 6.03 Å². The summed E-state index contributed by atoms with van der Waals surface area (Å²) in [4.78, 5) is 11.8. The van der Waals surface area contributed by atoms with Crippen LogP contribution in [-0.4, -0.2) is 30.3 Å². The first kappa shape index (κ1) is 16.5. The van der Waals surface area contributed by atoms with Crippen molar-refractivity contribution >= 4 is 6.03 Å². The molecule has 3 unspecified atom stereocenters. The minimum atomic E-state index is -0.148. The van der Waals surface area contributed by atoms with Gasteiger partial charge in [-0.3, -0.25) is 0 Å². The molecule has 1 aromatic rings. The summed E-state index contributed by atoms with van der Waals surface area (Å²) in [5.74, 6) is 0.546. The van der Waals surface area contributed by atoms with Crippen LogP contribution in [0.1, 0.15) is 38.7 Å². The Bertz CT molecular complexity index is 395. The lowest BCUT2D eigenvalue weighted by Gasteiger charge is -2.22. The molecule has 0 saturated heterocycles. The van der Waals surface area contributed by atoms with Crippen molar-refractivity contribution in [1.29, 1.82) is 0 Å². The van der Waals surface area contributed by atoms with E-state index in [1.165, 1.54) is 5.56 Å². The van der Waals surface area contributed by atoms with E-state index in [-0.39, 0.29) is 30.5 Å². The number of aliphatic hydroxyl groups is 1. The van der Waals surface area contributed by atoms with Crippen molar-refractivity contribution in [3.63, 3.8) is 0 Å². The Hall–Kier alpha value is -1.55. The summed E-state index contributed by atoms with van der Waals surface area (Å²) < 4.78 is 0. The lowest BCUT2D eigenvalue weighted by atomic mass is 9.94. The number of aliphatic hydroxyl groups excluding tert-OH is 1. The Labute approximate surface area is 121 Å². The molecule has 2 amide bonds. The molecule has 0 fully saturated rings. The second-order valence-electron chi connectivity index (χ2n) is 5.46. The molecule has 3 atom stereocenters. The van der Waals surface area contributed by atoms with Gasteiger partial charge in [0, 0.05) is 25.1 Å². The van der Waals surface area contributed by atoms with Crippen molar-refractivity contribution < 1.29 is 9.90 Å². The van der Waals surface area contributed by atoms with Gasteiger partial charge in [-0.1, -0.05) is 44.2 Å². The number of benzene rings is 1. The molecule has 0 spiro atoms. The van der Waals surface area contributed by atoms with Crippen LogP contribution in [0.4, 0.5) is 4.79 Å². The molecule has 0 bridgehead atoms. The fourth-order valence-corrected chi connectivity index (χ4v) is 2.02. The zero-order valence-corrected chi connectivity index (χ0v) is 12.6. The molecular weight excluding hydrogens is 252 g/mol. The number of carbonyl (C=O) groups is 1. The van der Waals surface area contributed by atoms with E-state index in [2.05, 4.69) is 29.7 Å². The largest absolute Gasteiger partial charge is 0.396 e. The maximum Gasteiger partial charge on any atom is 0.315 e. The first-order chi connectivity index (χ1) is 9.54. The summed E-state index contributed by atoms with van der Waals surface area (Å²) in [5, 5.41) is 14.6. The van der Waals surface area contributed by atoms with Crippen LogP contribution in [0.5, 0.6) is 0 Å². The molecule has 3 N–H and O–H groups in total. The smallest absolute Gasteiger partial charge is 0.315 e. The number of rotatable bonds is 7. The van der Waals surface area contributed by atoms with E-state index in [4.69, 9.17) is 5.11 Å². The van der Waals surface area contributed by atoms with Gasteiger partial charge in [-0.05, 0) is 24.8 Å². The molecular formula is C16H26N2O2. The summed E-state index contributed by atoms with van der Waals surface area (Å²) in [6.45, 7) is 6.86. The van der Waals surface area contributed by atoms with Crippen molar-refractivity contribution in [1.82, 2.24) is 10.6 Å². The third-order valence-corrected chi connectivity index (χ3v) is 3.67. The molecule has 112 valence electrons. The molecule has 0 saturated carbocycles. The van der Waals surface area contributed by atoms with Gasteiger partial charge in [0.1, 0.15) is 0 Å². The van der Waals surface area contributed by atoms with Gasteiger partial charge in [-0.15, -0.1) is 0 Å². The van der Waals surface area contributed by atoms with Gasteiger partial charge < -0.3 is 15.7 Å². The molecule has 0 radical (unpaired) electrons. The van der Waals surface area contributed by atoms with Crippen LogP contribution in [-0.2, 0) is 0 Å². The topological polar surface area (TPSA) is 61.4 Å². The van der Waals surface area contributed by atoms with E-state index >= 15 is 0 Å². The average Bonchev–Trinajstić information content (AvgIpc) is 2.45. The second kappa shape index (κ2) is 8.59. The molecule has 0 heterocycles. The predicted molar refractivity (Wildman–Crippen MR) is 81.7 cm³/mol. The third-order valence-electron chi connectivity index (χ3n) is 3.67. The summed E-state index contributed by atoms with van der Waals surface area (Å²) >= 11 is 0. The molecule has 4 nitrogen and oxygen atoms in total. The molecule has 20 heavy (non-hydrogen) atoms. The summed E-state index contributed by atoms with van der Waals surface area (Å²) in [7, 11) is 0. The van der Waals surface area contributed by atoms with E-state index in [0.29, 0.717) is 13.0 Å². The molecule has 1 rings (SSSR count). The maximum atomic E-state index is 11.8. The maximum absolute atomic E-state index is 11.8. The number of carbonyl (C=O) groups excluding carboxylic acids is 1. The second-order valence-corrected chi connectivity index (χ2v) is 5.46. The highest BCUT2D eigenvalue weighted by atomic mass is 16.3. The van der Waals surface area contributed by atoms with Gasteiger partial charge in [0.15, 0.2) is 0 Å². The van der Waals surface area contributed by atoms with Crippen LogP contribution in [0, 0.1) is 5.92 Å². The molecule has 0 aromatic heterocycles. The summed E-state index contributed by atoms with van der Waals surface area (Å²) in [6.07, 6.45) is 0.705. The predicted octanol–water partition coefficient (Wildman–Crippen LogP) is 2.50. The quantitative estimate of drug-likeness (QED) is 0.717. The van der Waals surface area contributed by atoms with Crippen LogP contribution in [0.3, 0.4) is 0 Å². The molecule has 1 aromatic carbocycles. The average molecular weight is 278 g/mol. The highest BCUT2D eigenvalue weighted by Gasteiger charge is 2.16. The zero-order valence-electron chi connectivity index (χ0n) is 12.6. The van der Waals surface area contributed by atoms with Crippen molar-refractivity contribution in [2.24, 2.45) is 5.92 Å². The summed E-state index contributed by atoms with van der Waals surface area (Å²) in [5.41, 5.74) is 1.22. The van der Waals surface area contributed by atoms with E-state index in [1.807, 2.05) is 32.0 Å². The Morgan fingerprint density at radius 3 is 2.45 bits per heavy atom. The standard InChI is InChI=1S/C16H26N2O2/c1-12(9-10-19)11-17-16(20)18-14(3)13(2)15-7-5-4-6-8-15/h4-8,12-14,19H,9-11H2,1-3H3,(H2,17,18,20). The van der Waals surface area contributed by atoms with Crippen molar-refractivity contribution in [2.45, 2.75) is 39.2 Å². The lowest BCUT2D eigenvalue weighted by Crippen LogP contribution is -2.44. The highest BCUT2D eigenvalue weighted by molar-refractivity contribution is 5.74. The first-order valence-corrected chi connectivity index (χ1v) is 7.24. The highest BCUT2D eigenvalue weighted by Crippen LogP contribution is 2.18. The van der Waals surface area contributed by atoms with E-state index in [0.717, 1.165) is 0 Å². The van der Waals surface area contributed by atoms with Crippen molar-refractivity contribution in [2.75, 3.05) is 13.2 Å². The Balaban J connectivity index is 2.38. The van der Waals surface area contributed by atoms with Crippen LogP contribution < -0.4 is 10.6 Å². The Morgan fingerprint density at radius 1 is 1.20 bits per heavy atom. The number of hydrogen-bond donors (Lipinski definition) is 3. The number of hydrogen-bond acceptors (Lipinski definition) is 2. The zero-order chi connectivity index (χ0) is 15.0. The fourth-order valence-electron chi connectivity index (χ4n) is 2.02. The minimum absolute atomic E-state index is 0.0607. The first-order valence-electron chi connectivity index (χ1n) is 7.24. The van der Waals surface area contributed by atoms with Crippen LogP contribution >= 0.6 is 0 Å². The van der Waals surface area contributed by atoms with E-state index in [9.17, 15) is 4.79 Å². The normalized spacial score (nSPS) is 15.2. The minimum Gasteiger partial charge on any atom is -0.396 e. The molecule has 0 aliphatic heterocycles. The van der Waals surface area contributed by atoms with Crippen LogP contribution in [0.2, 0.25) is 0 Å². The van der Waals surface area contributed by atoms with E-state index < -0.39 is 0 Å². The van der Waals surface area contributed by atoms with Crippen LogP contribution in [0.15, 0.2) is 30.3 Å². The molecule has 0 aliphatic rings. The third kappa shape index (κ3) is 5.61. The van der Waals surface area contributed by atoms with Gasteiger partial charge in [-0.25, -0.2) is 4.79 Å². The molecule has 4 heteroatoms. The van der Waals surface area contributed by atoms with Crippen molar-refractivity contribution in [3.8, 4) is 0 Å². The number of urea groups is 1. The fraction of sp³-hybridized carbons (Fsp3) is 0.562. The monoisotopic (exact) mass is 278 g/mol. The Kier molecular flexibility index (Phi) is 7.09. The number of nitrogens with one attached hydrogen (secondary N) is 2. The van der Waals surface area contributed by atoms with Gasteiger partial charge in [0.25, 0.3) is 0 Å². The van der Waals surface area contributed by atoms with Crippen molar-refractivity contribution in [3.05, 3.63) is 35.9 Å².